The van der Waals surface area contributed by atoms with Crippen LogP contribution < -0.4 is 0 Å². The van der Waals surface area contributed by atoms with Crippen molar-refractivity contribution in [3.05, 3.63) is 54.4 Å². The van der Waals surface area contributed by atoms with Crippen LogP contribution in [0.1, 0.15) is 34.9 Å². The maximum absolute atomic E-state index is 12.6. The van der Waals surface area contributed by atoms with Gasteiger partial charge in [0.25, 0.3) is 11.8 Å². The predicted octanol–water partition coefficient (Wildman–Crippen LogP) is 1.07. The average molecular weight is 367 g/mol. The van der Waals surface area contributed by atoms with E-state index in [1.165, 1.54) is 12.4 Å². The van der Waals surface area contributed by atoms with Crippen molar-refractivity contribution in [3.63, 3.8) is 0 Å². The number of likely N-dealkylation sites (tertiary alicyclic amines) is 2. The molecule has 0 unspecified atom stereocenters. The number of methoxy groups -OCH3 is 1. The van der Waals surface area contributed by atoms with Crippen molar-refractivity contribution in [2.75, 3.05) is 20.2 Å². The summed E-state index contributed by atoms with van der Waals surface area (Å²) in [6, 6.07) is 3.83. The molecule has 2 saturated heterocycles. The Morgan fingerprint density at radius 2 is 1.85 bits per heavy atom. The number of hydrogen-bond acceptors (Lipinski definition) is 6. The first-order valence-electron chi connectivity index (χ1n) is 9.01. The van der Waals surface area contributed by atoms with Gasteiger partial charge in [0, 0.05) is 51.0 Å². The van der Waals surface area contributed by atoms with Gasteiger partial charge in [0.05, 0.1) is 12.2 Å². The highest BCUT2D eigenvalue weighted by Gasteiger charge is 2.51. The molecule has 27 heavy (non-hydrogen) atoms. The van der Waals surface area contributed by atoms with Crippen LogP contribution in [0.5, 0.6) is 0 Å². The maximum Gasteiger partial charge on any atom is 0.274 e. The SMILES string of the molecule is CO[C@H]1C(=O)N(C2CCN(C(=O)c3cnccn3)CC2)[C@H]1c1ccncc1. The molecule has 0 spiro atoms. The molecule has 140 valence electrons. The van der Waals surface area contributed by atoms with Crippen molar-refractivity contribution in [2.45, 2.75) is 31.0 Å². The molecule has 2 aliphatic rings. The standard InChI is InChI=1S/C19H21N5O3/c1-27-17-16(13-2-6-20-7-3-13)24(19(17)26)14-4-10-23(11-5-14)18(25)15-12-21-8-9-22-15/h2-3,6-9,12,14,16-17H,4-5,10-11H2,1H3/t16-,17+/m0/s1. The van der Waals surface area contributed by atoms with Gasteiger partial charge < -0.3 is 14.5 Å². The molecule has 4 rings (SSSR count). The number of rotatable bonds is 4. The molecule has 2 amide bonds. The molecule has 0 aliphatic carbocycles. The molecule has 2 aliphatic heterocycles. The second kappa shape index (κ2) is 7.40. The summed E-state index contributed by atoms with van der Waals surface area (Å²) in [7, 11) is 1.57. The fraction of sp³-hybridized carbons (Fsp3) is 0.421. The molecule has 2 aromatic rings. The molecule has 0 N–H and O–H groups in total. The van der Waals surface area contributed by atoms with Gasteiger partial charge in [0.2, 0.25) is 0 Å². The summed E-state index contributed by atoms with van der Waals surface area (Å²) in [6.07, 6.45) is 9.01. The minimum atomic E-state index is -0.452. The Balaban J connectivity index is 1.44. The van der Waals surface area contributed by atoms with Gasteiger partial charge in [-0.05, 0) is 30.5 Å². The van der Waals surface area contributed by atoms with Crippen LogP contribution in [0.4, 0.5) is 0 Å². The zero-order valence-electron chi connectivity index (χ0n) is 15.1. The van der Waals surface area contributed by atoms with E-state index in [0.29, 0.717) is 18.8 Å². The topological polar surface area (TPSA) is 88.5 Å². The Morgan fingerprint density at radius 1 is 1.11 bits per heavy atom. The second-order valence-electron chi connectivity index (χ2n) is 6.74. The lowest BCUT2D eigenvalue weighted by molar-refractivity contribution is -0.178. The zero-order valence-corrected chi connectivity index (χ0v) is 15.1. The molecule has 2 atom stereocenters. The number of pyridine rings is 1. The molecular formula is C19H21N5O3. The normalized spacial score (nSPS) is 23.2. The lowest BCUT2D eigenvalue weighted by atomic mass is 9.86. The van der Waals surface area contributed by atoms with Gasteiger partial charge in [-0.1, -0.05) is 0 Å². The highest BCUT2D eigenvalue weighted by Crippen LogP contribution is 2.40. The van der Waals surface area contributed by atoms with Gasteiger partial charge in [-0.25, -0.2) is 4.98 Å². The molecule has 8 nitrogen and oxygen atoms in total. The van der Waals surface area contributed by atoms with Gasteiger partial charge in [0.1, 0.15) is 5.69 Å². The van der Waals surface area contributed by atoms with E-state index in [9.17, 15) is 9.59 Å². The lowest BCUT2D eigenvalue weighted by Gasteiger charge is -2.52. The maximum atomic E-state index is 12.6. The van der Waals surface area contributed by atoms with Crippen molar-refractivity contribution in [2.24, 2.45) is 0 Å². The van der Waals surface area contributed by atoms with E-state index in [1.54, 1.807) is 30.6 Å². The minimum absolute atomic E-state index is 0.0121. The fourth-order valence-electron chi connectivity index (χ4n) is 3.93. The Bertz CT molecular complexity index is 809. The first-order valence-corrected chi connectivity index (χ1v) is 9.01. The summed E-state index contributed by atoms with van der Waals surface area (Å²) < 4.78 is 5.41. The Morgan fingerprint density at radius 3 is 2.48 bits per heavy atom. The van der Waals surface area contributed by atoms with Gasteiger partial charge >= 0.3 is 0 Å². The summed E-state index contributed by atoms with van der Waals surface area (Å²) >= 11 is 0. The van der Waals surface area contributed by atoms with Crippen LogP contribution >= 0.6 is 0 Å². The van der Waals surface area contributed by atoms with E-state index >= 15 is 0 Å². The lowest BCUT2D eigenvalue weighted by Crippen LogP contribution is -2.64. The van der Waals surface area contributed by atoms with Gasteiger partial charge in [0.15, 0.2) is 6.10 Å². The first-order chi connectivity index (χ1) is 13.2. The van der Waals surface area contributed by atoms with Crippen LogP contribution in [0.2, 0.25) is 0 Å². The van der Waals surface area contributed by atoms with E-state index in [1.807, 2.05) is 17.0 Å². The summed E-state index contributed by atoms with van der Waals surface area (Å²) in [5, 5.41) is 0. The number of piperidine rings is 1. The summed E-state index contributed by atoms with van der Waals surface area (Å²) in [5.74, 6) is -0.102. The van der Waals surface area contributed by atoms with Gasteiger partial charge in [-0.3, -0.25) is 19.6 Å². The highest BCUT2D eigenvalue weighted by atomic mass is 16.5. The molecule has 0 saturated carbocycles. The third kappa shape index (κ3) is 3.16. The molecule has 0 aromatic carbocycles. The summed E-state index contributed by atoms with van der Waals surface area (Å²) in [5.41, 5.74) is 1.37. The molecule has 2 fully saturated rings. The number of hydrogen-bond donors (Lipinski definition) is 0. The molecule has 0 radical (unpaired) electrons. The molecule has 8 heteroatoms. The predicted molar refractivity (Wildman–Crippen MR) is 95.6 cm³/mol. The molecular weight excluding hydrogens is 346 g/mol. The van der Waals surface area contributed by atoms with Crippen LogP contribution in [0.3, 0.4) is 0 Å². The van der Waals surface area contributed by atoms with E-state index in [2.05, 4.69) is 15.0 Å². The van der Waals surface area contributed by atoms with Crippen LogP contribution in [0.15, 0.2) is 43.1 Å². The monoisotopic (exact) mass is 367 g/mol. The van der Waals surface area contributed by atoms with Crippen LogP contribution in [0, 0.1) is 0 Å². The molecule has 4 heterocycles. The highest BCUT2D eigenvalue weighted by molar-refractivity contribution is 5.92. The van der Waals surface area contributed by atoms with E-state index in [0.717, 1.165) is 18.4 Å². The summed E-state index contributed by atoms with van der Waals surface area (Å²) in [6.45, 7) is 1.18. The number of carbonyl (C=O) groups excluding carboxylic acids is 2. The third-order valence-corrected chi connectivity index (χ3v) is 5.31. The van der Waals surface area contributed by atoms with E-state index in [4.69, 9.17) is 4.74 Å². The number of nitrogens with zero attached hydrogens (tertiary/aromatic N) is 5. The van der Waals surface area contributed by atoms with Gasteiger partial charge in [-0.15, -0.1) is 0 Å². The third-order valence-electron chi connectivity index (χ3n) is 5.31. The van der Waals surface area contributed by atoms with Crippen molar-refractivity contribution >= 4 is 11.8 Å². The van der Waals surface area contributed by atoms with Crippen LogP contribution in [-0.2, 0) is 9.53 Å². The number of β-lactam (4-membered cyclic amide) rings is 1. The van der Waals surface area contributed by atoms with E-state index < -0.39 is 6.10 Å². The van der Waals surface area contributed by atoms with Crippen molar-refractivity contribution < 1.29 is 14.3 Å². The second-order valence-corrected chi connectivity index (χ2v) is 6.74. The fourth-order valence-corrected chi connectivity index (χ4v) is 3.93. The average Bonchev–Trinajstić information content (AvgIpc) is 2.73. The first kappa shape index (κ1) is 17.5. The minimum Gasteiger partial charge on any atom is -0.369 e. The van der Waals surface area contributed by atoms with Crippen LogP contribution in [0.25, 0.3) is 0 Å². The Hall–Kier alpha value is -2.87. The van der Waals surface area contributed by atoms with Crippen molar-refractivity contribution in [3.8, 4) is 0 Å². The van der Waals surface area contributed by atoms with Crippen LogP contribution in [-0.4, -0.2) is 68.9 Å². The number of carbonyl (C=O) groups is 2. The van der Waals surface area contributed by atoms with Crippen molar-refractivity contribution in [1.29, 1.82) is 0 Å². The Kier molecular flexibility index (Phi) is 4.81. The van der Waals surface area contributed by atoms with Gasteiger partial charge in [-0.2, -0.15) is 0 Å². The smallest absolute Gasteiger partial charge is 0.274 e. The molecule has 2 aromatic heterocycles. The molecule has 0 bridgehead atoms. The number of aromatic nitrogens is 3. The largest absolute Gasteiger partial charge is 0.369 e. The summed E-state index contributed by atoms with van der Waals surface area (Å²) in [4.78, 5) is 40.9. The van der Waals surface area contributed by atoms with Crippen molar-refractivity contribution in [1.82, 2.24) is 24.8 Å². The number of amides is 2. The Labute approximate surface area is 157 Å². The number of ether oxygens (including phenoxy) is 1. The quantitative estimate of drug-likeness (QED) is 0.751. The van der Waals surface area contributed by atoms with E-state index in [-0.39, 0.29) is 23.9 Å². The zero-order chi connectivity index (χ0) is 18.8.